The Balaban J connectivity index is 1.98. The number of carbonyl (C=O) groups is 2. The summed E-state index contributed by atoms with van der Waals surface area (Å²) < 4.78 is 0. The molecule has 2 amide bonds. The average molecular weight is 238 g/mol. The molecule has 0 bridgehead atoms. The van der Waals surface area contributed by atoms with Crippen LogP contribution in [0.15, 0.2) is 11.6 Å². The van der Waals surface area contributed by atoms with Gasteiger partial charge in [0.25, 0.3) is 0 Å². The van der Waals surface area contributed by atoms with Crippen LogP contribution >= 0.6 is 0 Å². The number of carboxylic acids is 1. The molecule has 0 saturated heterocycles. The van der Waals surface area contributed by atoms with Crippen LogP contribution in [0.3, 0.4) is 0 Å². The normalized spacial score (nSPS) is 19.8. The lowest BCUT2D eigenvalue weighted by atomic mass is 10.1. The average Bonchev–Trinajstić information content (AvgIpc) is 3.09. The number of nitrogens with zero attached hydrogens (tertiary/aromatic N) is 2. The number of carboxylic acid groups (broad SMARTS) is 1. The van der Waals surface area contributed by atoms with Crippen molar-refractivity contribution in [3.63, 3.8) is 0 Å². The topological polar surface area (TPSA) is 60.9 Å². The van der Waals surface area contributed by atoms with Crippen molar-refractivity contribution in [3.05, 3.63) is 11.6 Å². The standard InChI is InChI=1S/C12H18N2O3/c1-9-4-6-13(7-5-9)12(17)14(8-11(15)16)10-2-3-10/h4,10H,2-3,5-8H2,1H3,(H,15,16). The molecule has 5 nitrogen and oxygen atoms in total. The fourth-order valence-corrected chi connectivity index (χ4v) is 2.01. The van der Waals surface area contributed by atoms with E-state index in [1.165, 1.54) is 10.5 Å². The Morgan fingerprint density at radius 2 is 2.24 bits per heavy atom. The number of rotatable bonds is 3. The second-order valence-electron chi connectivity index (χ2n) is 4.78. The van der Waals surface area contributed by atoms with E-state index in [4.69, 9.17) is 5.11 Å². The zero-order valence-corrected chi connectivity index (χ0v) is 10.1. The van der Waals surface area contributed by atoms with Gasteiger partial charge in [-0.3, -0.25) is 4.79 Å². The zero-order chi connectivity index (χ0) is 12.4. The van der Waals surface area contributed by atoms with Crippen molar-refractivity contribution < 1.29 is 14.7 Å². The SMILES string of the molecule is CC1=CCN(C(=O)N(CC(=O)O)C2CC2)CC1. The maximum absolute atomic E-state index is 12.2. The van der Waals surface area contributed by atoms with Gasteiger partial charge in [0.15, 0.2) is 0 Å². The van der Waals surface area contributed by atoms with Crippen LogP contribution in [-0.4, -0.2) is 52.6 Å². The first-order valence-corrected chi connectivity index (χ1v) is 6.01. The van der Waals surface area contributed by atoms with Crippen molar-refractivity contribution in [2.45, 2.75) is 32.2 Å². The second kappa shape index (κ2) is 4.77. The van der Waals surface area contributed by atoms with Gasteiger partial charge in [-0.1, -0.05) is 11.6 Å². The van der Waals surface area contributed by atoms with Gasteiger partial charge in [-0.15, -0.1) is 0 Å². The van der Waals surface area contributed by atoms with Gasteiger partial charge in [0.05, 0.1) is 0 Å². The maximum atomic E-state index is 12.2. The van der Waals surface area contributed by atoms with E-state index in [1.54, 1.807) is 4.90 Å². The lowest BCUT2D eigenvalue weighted by Crippen LogP contribution is -2.47. The molecule has 2 aliphatic rings. The Hall–Kier alpha value is -1.52. The predicted octanol–water partition coefficient (Wildman–Crippen LogP) is 1.31. The quantitative estimate of drug-likeness (QED) is 0.754. The van der Waals surface area contributed by atoms with Crippen LogP contribution in [0.25, 0.3) is 0 Å². The first-order valence-electron chi connectivity index (χ1n) is 6.01. The van der Waals surface area contributed by atoms with Crippen LogP contribution in [0.2, 0.25) is 0 Å². The van der Waals surface area contributed by atoms with Crippen LogP contribution in [0.4, 0.5) is 4.79 Å². The lowest BCUT2D eigenvalue weighted by molar-refractivity contribution is -0.137. The number of aliphatic carboxylic acids is 1. The minimum absolute atomic E-state index is 0.126. The summed E-state index contributed by atoms with van der Waals surface area (Å²) in [7, 11) is 0. The monoisotopic (exact) mass is 238 g/mol. The molecule has 0 unspecified atom stereocenters. The Morgan fingerprint density at radius 3 is 2.71 bits per heavy atom. The molecule has 94 valence electrons. The van der Waals surface area contributed by atoms with Gasteiger partial charge >= 0.3 is 12.0 Å². The molecular weight excluding hydrogens is 220 g/mol. The number of amides is 2. The number of urea groups is 1. The van der Waals surface area contributed by atoms with Gasteiger partial charge in [-0.05, 0) is 26.2 Å². The minimum Gasteiger partial charge on any atom is -0.480 e. The third-order valence-electron chi connectivity index (χ3n) is 3.25. The molecule has 1 aliphatic carbocycles. The molecular formula is C12H18N2O3. The van der Waals surface area contributed by atoms with Crippen molar-refractivity contribution >= 4 is 12.0 Å². The van der Waals surface area contributed by atoms with Gasteiger partial charge < -0.3 is 14.9 Å². The Labute approximate surface area is 101 Å². The Bertz CT molecular complexity index is 361. The minimum atomic E-state index is -0.936. The highest BCUT2D eigenvalue weighted by Gasteiger charge is 2.36. The van der Waals surface area contributed by atoms with Crippen LogP contribution in [0.1, 0.15) is 26.2 Å². The summed E-state index contributed by atoms with van der Waals surface area (Å²) in [6.45, 7) is 3.18. The largest absolute Gasteiger partial charge is 0.480 e. The molecule has 0 spiro atoms. The van der Waals surface area contributed by atoms with Crippen molar-refractivity contribution in [1.82, 2.24) is 9.80 Å². The van der Waals surface area contributed by atoms with Crippen LogP contribution in [0.5, 0.6) is 0 Å². The van der Waals surface area contributed by atoms with Crippen LogP contribution in [-0.2, 0) is 4.79 Å². The highest BCUT2D eigenvalue weighted by molar-refractivity contribution is 5.81. The first-order chi connectivity index (χ1) is 8.08. The molecule has 0 radical (unpaired) electrons. The molecule has 1 saturated carbocycles. The molecule has 5 heteroatoms. The Kier molecular flexibility index (Phi) is 3.36. The molecule has 0 aromatic rings. The molecule has 17 heavy (non-hydrogen) atoms. The number of carbonyl (C=O) groups excluding carboxylic acids is 1. The van der Waals surface area contributed by atoms with E-state index < -0.39 is 5.97 Å². The van der Waals surface area contributed by atoms with Crippen molar-refractivity contribution in [3.8, 4) is 0 Å². The maximum Gasteiger partial charge on any atom is 0.323 e. The summed E-state index contributed by atoms with van der Waals surface area (Å²) in [4.78, 5) is 26.2. The molecule has 0 atom stereocenters. The molecule has 2 rings (SSSR count). The number of hydrogen-bond donors (Lipinski definition) is 1. The third-order valence-corrected chi connectivity index (χ3v) is 3.25. The summed E-state index contributed by atoms with van der Waals surface area (Å²) in [5.74, 6) is -0.936. The summed E-state index contributed by atoms with van der Waals surface area (Å²) in [6, 6.07) is 0.0178. The summed E-state index contributed by atoms with van der Waals surface area (Å²) in [5, 5.41) is 8.83. The summed E-state index contributed by atoms with van der Waals surface area (Å²) in [6.07, 6.45) is 4.79. The number of hydrogen-bond acceptors (Lipinski definition) is 2. The highest BCUT2D eigenvalue weighted by atomic mass is 16.4. The molecule has 0 aromatic carbocycles. The fraction of sp³-hybridized carbons (Fsp3) is 0.667. The van der Waals surface area contributed by atoms with Gasteiger partial charge in [0.1, 0.15) is 6.54 Å². The van der Waals surface area contributed by atoms with E-state index in [0.29, 0.717) is 13.1 Å². The second-order valence-corrected chi connectivity index (χ2v) is 4.78. The predicted molar refractivity (Wildman–Crippen MR) is 62.7 cm³/mol. The van der Waals surface area contributed by atoms with E-state index in [2.05, 4.69) is 6.92 Å². The van der Waals surface area contributed by atoms with Gasteiger partial charge in [-0.25, -0.2) is 4.79 Å². The van der Waals surface area contributed by atoms with E-state index in [-0.39, 0.29) is 18.6 Å². The van der Waals surface area contributed by atoms with Gasteiger partial charge in [0.2, 0.25) is 0 Å². The zero-order valence-electron chi connectivity index (χ0n) is 10.1. The van der Waals surface area contributed by atoms with Gasteiger partial charge in [-0.2, -0.15) is 0 Å². The van der Waals surface area contributed by atoms with Crippen LogP contribution < -0.4 is 0 Å². The summed E-state index contributed by atoms with van der Waals surface area (Å²) >= 11 is 0. The van der Waals surface area contributed by atoms with Crippen molar-refractivity contribution in [2.75, 3.05) is 19.6 Å². The third kappa shape index (κ3) is 2.99. The molecule has 1 fully saturated rings. The molecule has 1 N–H and O–H groups in total. The lowest BCUT2D eigenvalue weighted by Gasteiger charge is -2.31. The Morgan fingerprint density at radius 1 is 1.53 bits per heavy atom. The summed E-state index contributed by atoms with van der Waals surface area (Å²) in [5.41, 5.74) is 1.30. The van der Waals surface area contributed by atoms with E-state index in [0.717, 1.165) is 19.3 Å². The first kappa shape index (κ1) is 12.0. The molecule has 0 aromatic heterocycles. The van der Waals surface area contributed by atoms with Crippen LogP contribution in [0, 0.1) is 0 Å². The smallest absolute Gasteiger partial charge is 0.323 e. The van der Waals surface area contributed by atoms with Crippen molar-refractivity contribution in [1.29, 1.82) is 0 Å². The molecule has 1 heterocycles. The fourth-order valence-electron chi connectivity index (χ4n) is 2.01. The van der Waals surface area contributed by atoms with E-state index >= 15 is 0 Å². The highest BCUT2D eigenvalue weighted by Crippen LogP contribution is 2.28. The van der Waals surface area contributed by atoms with Gasteiger partial charge in [0, 0.05) is 19.1 Å². The van der Waals surface area contributed by atoms with Crippen molar-refractivity contribution in [2.24, 2.45) is 0 Å². The molecule has 1 aliphatic heterocycles. The van der Waals surface area contributed by atoms with E-state index in [1.807, 2.05) is 6.08 Å². The van der Waals surface area contributed by atoms with E-state index in [9.17, 15) is 9.59 Å².